The molecular weight excluding hydrogens is 238 g/mol. The SMILES string of the molecule is O=C(NCC1CC(O)C1)c1cccc2ccccc12. The van der Waals surface area contributed by atoms with Gasteiger partial charge in [0.15, 0.2) is 0 Å². The summed E-state index contributed by atoms with van der Waals surface area (Å²) in [6, 6.07) is 13.7. The van der Waals surface area contributed by atoms with Crippen molar-refractivity contribution in [3.05, 3.63) is 48.0 Å². The monoisotopic (exact) mass is 255 g/mol. The van der Waals surface area contributed by atoms with E-state index in [1.165, 1.54) is 0 Å². The van der Waals surface area contributed by atoms with Crippen molar-refractivity contribution in [2.24, 2.45) is 5.92 Å². The van der Waals surface area contributed by atoms with Gasteiger partial charge in [-0.3, -0.25) is 4.79 Å². The molecule has 3 heteroatoms. The summed E-state index contributed by atoms with van der Waals surface area (Å²) in [4.78, 5) is 12.2. The first-order chi connectivity index (χ1) is 9.24. The van der Waals surface area contributed by atoms with E-state index < -0.39 is 0 Å². The molecule has 0 heterocycles. The molecule has 0 aliphatic heterocycles. The molecule has 1 saturated carbocycles. The molecular formula is C16H17NO2. The van der Waals surface area contributed by atoms with Crippen molar-refractivity contribution in [3.8, 4) is 0 Å². The Hall–Kier alpha value is -1.87. The van der Waals surface area contributed by atoms with Crippen LogP contribution in [-0.4, -0.2) is 23.7 Å². The minimum atomic E-state index is -0.167. The van der Waals surface area contributed by atoms with Gasteiger partial charge in [-0.1, -0.05) is 36.4 Å². The molecule has 0 bridgehead atoms. The molecule has 1 fully saturated rings. The van der Waals surface area contributed by atoms with Gasteiger partial charge in [0.25, 0.3) is 5.91 Å². The maximum atomic E-state index is 12.2. The minimum absolute atomic E-state index is 0.0295. The predicted octanol–water partition coefficient (Wildman–Crippen LogP) is 2.34. The van der Waals surface area contributed by atoms with E-state index in [9.17, 15) is 9.90 Å². The first-order valence-electron chi connectivity index (χ1n) is 6.68. The molecule has 0 unspecified atom stereocenters. The predicted molar refractivity (Wildman–Crippen MR) is 75.0 cm³/mol. The number of hydrogen-bond acceptors (Lipinski definition) is 2. The van der Waals surface area contributed by atoms with Crippen LogP contribution in [0, 0.1) is 5.92 Å². The molecule has 2 aromatic carbocycles. The Balaban J connectivity index is 1.74. The Kier molecular flexibility index (Phi) is 3.22. The number of carbonyl (C=O) groups excluding carboxylic acids is 1. The maximum absolute atomic E-state index is 12.2. The third kappa shape index (κ3) is 2.47. The summed E-state index contributed by atoms with van der Waals surface area (Å²) in [7, 11) is 0. The van der Waals surface area contributed by atoms with Crippen molar-refractivity contribution in [2.45, 2.75) is 18.9 Å². The molecule has 2 aromatic rings. The van der Waals surface area contributed by atoms with Crippen molar-refractivity contribution >= 4 is 16.7 Å². The van der Waals surface area contributed by atoms with Crippen LogP contribution in [0.1, 0.15) is 23.2 Å². The van der Waals surface area contributed by atoms with Crippen LogP contribution in [-0.2, 0) is 0 Å². The Morgan fingerprint density at radius 3 is 2.68 bits per heavy atom. The number of nitrogens with one attached hydrogen (secondary N) is 1. The van der Waals surface area contributed by atoms with E-state index in [0.717, 1.165) is 29.2 Å². The second kappa shape index (κ2) is 5.02. The van der Waals surface area contributed by atoms with Crippen LogP contribution in [0.25, 0.3) is 10.8 Å². The number of carbonyl (C=O) groups is 1. The highest BCUT2D eigenvalue weighted by molar-refractivity contribution is 6.06. The van der Waals surface area contributed by atoms with E-state index in [4.69, 9.17) is 0 Å². The van der Waals surface area contributed by atoms with Crippen molar-refractivity contribution in [2.75, 3.05) is 6.54 Å². The van der Waals surface area contributed by atoms with Crippen LogP contribution in [0.15, 0.2) is 42.5 Å². The van der Waals surface area contributed by atoms with Crippen LogP contribution in [0.5, 0.6) is 0 Å². The summed E-state index contributed by atoms with van der Waals surface area (Å²) in [5.74, 6) is 0.395. The molecule has 0 spiro atoms. The fourth-order valence-electron chi connectivity index (χ4n) is 2.62. The maximum Gasteiger partial charge on any atom is 0.251 e. The van der Waals surface area contributed by atoms with Gasteiger partial charge in [0.2, 0.25) is 0 Å². The smallest absolute Gasteiger partial charge is 0.251 e. The van der Waals surface area contributed by atoms with E-state index in [2.05, 4.69) is 5.32 Å². The van der Waals surface area contributed by atoms with Crippen molar-refractivity contribution in [3.63, 3.8) is 0 Å². The molecule has 0 saturated heterocycles. The zero-order valence-electron chi connectivity index (χ0n) is 10.7. The highest BCUT2D eigenvalue weighted by Crippen LogP contribution is 2.26. The van der Waals surface area contributed by atoms with Gasteiger partial charge in [0, 0.05) is 12.1 Å². The van der Waals surface area contributed by atoms with Gasteiger partial charge in [0.1, 0.15) is 0 Å². The number of amides is 1. The quantitative estimate of drug-likeness (QED) is 0.884. The molecule has 0 radical (unpaired) electrons. The van der Waals surface area contributed by atoms with Crippen LogP contribution < -0.4 is 5.32 Å². The molecule has 1 aliphatic carbocycles. The van der Waals surface area contributed by atoms with Crippen molar-refractivity contribution in [1.82, 2.24) is 5.32 Å². The normalized spacial score (nSPS) is 21.9. The zero-order valence-corrected chi connectivity index (χ0v) is 10.7. The Bertz CT molecular complexity index is 597. The molecule has 1 aliphatic rings. The summed E-state index contributed by atoms with van der Waals surface area (Å²) in [6.07, 6.45) is 1.44. The number of hydrogen-bond donors (Lipinski definition) is 2. The van der Waals surface area contributed by atoms with Crippen molar-refractivity contribution in [1.29, 1.82) is 0 Å². The van der Waals surface area contributed by atoms with Gasteiger partial charge in [0.05, 0.1) is 6.10 Å². The molecule has 3 nitrogen and oxygen atoms in total. The zero-order chi connectivity index (χ0) is 13.2. The van der Waals surface area contributed by atoms with Crippen molar-refractivity contribution < 1.29 is 9.90 Å². The van der Waals surface area contributed by atoms with E-state index >= 15 is 0 Å². The lowest BCUT2D eigenvalue weighted by Gasteiger charge is -2.31. The van der Waals surface area contributed by atoms with E-state index in [1.807, 2.05) is 42.5 Å². The Morgan fingerprint density at radius 2 is 1.89 bits per heavy atom. The molecule has 98 valence electrons. The van der Waals surface area contributed by atoms with E-state index in [-0.39, 0.29) is 12.0 Å². The van der Waals surface area contributed by atoms with Crippen LogP contribution in [0.3, 0.4) is 0 Å². The minimum Gasteiger partial charge on any atom is -0.393 e. The average Bonchev–Trinajstić information content (AvgIpc) is 2.41. The molecule has 0 atom stereocenters. The molecule has 3 rings (SSSR count). The lowest BCUT2D eigenvalue weighted by Crippen LogP contribution is -2.38. The Labute approximate surface area is 112 Å². The lowest BCUT2D eigenvalue weighted by molar-refractivity contribution is 0.0420. The van der Waals surface area contributed by atoms with Crippen LogP contribution in [0.4, 0.5) is 0 Å². The van der Waals surface area contributed by atoms with Gasteiger partial charge in [-0.05, 0) is 35.6 Å². The number of aliphatic hydroxyl groups excluding tert-OH is 1. The van der Waals surface area contributed by atoms with Crippen LogP contribution >= 0.6 is 0 Å². The second-order valence-corrected chi connectivity index (χ2v) is 5.23. The molecule has 2 N–H and O–H groups in total. The summed E-state index contributed by atoms with van der Waals surface area (Å²) >= 11 is 0. The molecule has 0 aromatic heterocycles. The summed E-state index contributed by atoms with van der Waals surface area (Å²) in [5, 5.41) is 14.3. The molecule has 19 heavy (non-hydrogen) atoms. The van der Waals surface area contributed by atoms with Gasteiger partial charge in [-0.15, -0.1) is 0 Å². The number of fused-ring (bicyclic) bond motifs is 1. The van der Waals surface area contributed by atoms with Gasteiger partial charge in [-0.2, -0.15) is 0 Å². The first kappa shape index (κ1) is 12.2. The van der Waals surface area contributed by atoms with E-state index in [0.29, 0.717) is 12.5 Å². The molecule has 1 amide bonds. The average molecular weight is 255 g/mol. The number of benzene rings is 2. The van der Waals surface area contributed by atoms with Gasteiger partial charge in [-0.25, -0.2) is 0 Å². The third-order valence-electron chi connectivity index (χ3n) is 3.80. The van der Waals surface area contributed by atoms with E-state index in [1.54, 1.807) is 0 Å². The Morgan fingerprint density at radius 1 is 1.16 bits per heavy atom. The largest absolute Gasteiger partial charge is 0.393 e. The highest BCUT2D eigenvalue weighted by Gasteiger charge is 2.27. The number of rotatable bonds is 3. The fourth-order valence-corrected chi connectivity index (χ4v) is 2.62. The summed E-state index contributed by atoms with van der Waals surface area (Å²) in [6.45, 7) is 0.652. The lowest BCUT2D eigenvalue weighted by atomic mass is 9.82. The van der Waals surface area contributed by atoms with Crippen LogP contribution in [0.2, 0.25) is 0 Å². The highest BCUT2D eigenvalue weighted by atomic mass is 16.3. The van der Waals surface area contributed by atoms with Gasteiger partial charge < -0.3 is 10.4 Å². The second-order valence-electron chi connectivity index (χ2n) is 5.23. The van der Waals surface area contributed by atoms with Gasteiger partial charge >= 0.3 is 0 Å². The number of aliphatic hydroxyl groups is 1. The summed E-state index contributed by atoms with van der Waals surface area (Å²) < 4.78 is 0. The topological polar surface area (TPSA) is 49.3 Å². The first-order valence-corrected chi connectivity index (χ1v) is 6.68. The third-order valence-corrected chi connectivity index (χ3v) is 3.80. The summed E-state index contributed by atoms with van der Waals surface area (Å²) in [5.41, 5.74) is 0.720. The fraction of sp³-hybridized carbons (Fsp3) is 0.312. The standard InChI is InChI=1S/C16H17NO2/c18-13-8-11(9-13)10-17-16(19)15-7-3-5-12-4-1-2-6-14(12)15/h1-7,11,13,18H,8-10H2,(H,17,19).